The minimum atomic E-state index is -0.818. The van der Waals surface area contributed by atoms with E-state index in [9.17, 15) is 9.59 Å². The zero-order valence-electron chi connectivity index (χ0n) is 14.8. The zero-order valence-corrected chi connectivity index (χ0v) is 14.8. The topological polar surface area (TPSA) is 84.9 Å². The van der Waals surface area contributed by atoms with Crippen LogP contribution in [0.4, 0.5) is 0 Å². The predicted molar refractivity (Wildman–Crippen MR) is 93.5 cm³/mol. The third-order valence-corrected chi connectivity index (χ3v) is 4.43. The first-order chi connectivity index (χ1) is 12.1. The number of benzene rings is 1. The summed E-state index contributed by atoms with van der Waals surface area (Å²) in [5.74, 6) is -0.148. The highest BCUT2D eigenvalue weighted by Gasteiger charge is 2.41. The van der Waals surface area contributed by atoms with Gasteiger partial charge in [0.05, 0.1) is 6.61 Å². The van der Waals surface area contributed by atoms with Crippen LogP contribution in [0.2, 0.25) is 0 Å². The van der Waals surface area contributed by atoms with Gasteiger partial charge in [-0.2, -0.15) is 0 Å². The summed E-state index contributed by atoms with van der Waals surface area (Å²) < 4.78 is 11.3. The molecule has 1 fully saturated rings. The second-order valence-electron chi connectivity index (χ2n) is 6.31. The number of aliphatic carboxylic acids is 1. The van der Waals surface area contributed by atoms with E-state index >= 15 is 0 Å². The molecule has 1 aliphatic carbocycles. The standard InChI is InChI=1S/C19H27NO5/c1-2-25-19(11-3-4-12-19)18(23)20-14-15-7-9-16(10-8-15)24-13-5-6-17(21)22/h7-10H,2-6,11-14H2,1H3,(H,20,23)(H,21,22). The first-order valence-corrected chi connectivity index (χ1v) is 8.91. The number of carboxylic acid groups (broad SMARTS) is 1. The molecular formula is C19H27NO5. The molecule has 0 radical (unpaired) electrons. The molecule has 0 aliphatic heterocycles. The normalized spacial score (nSPS) is 15.7. The molecule has 0 spiro atoms. The average molecular weight is 349 g/mol. The van der Waals surface area contributed by atoms with Gasteiger partial charge in [0.2, 0.25) is 0 Å². The minimum absolute atomic E-state index is 0.0270. The second-order valence-corrected chi connectivity index (χ2v) is 6.31. The number of hydrogen-bond acceptors (Lipinski definition) is 4. The smallest absolute Gasteiger partial charge is 0.303 e. The van der Waals surface area contributed by atoms with E-state index in [-0.39, 0.29) is 12.3 Å². The number of rotatable bonds is 10. The average Bonchev–Trinajstić information content (AvgIpc) is 3.07. The minimum Gasteiger partial charge on any atom is -0.494 e. The first-order valence-electron chi connectivity index (χ1n) is 8.91. The van der Waals surface area contributed by atoms with Crippen molar-refractivity contribution in [3.63, 3.8) is 0 Å². The molecule has 6 nitrogen and oxygen atoms in total. The molecule has 0 unspecified atom stereocenters. The van der Waals surface area contributed by atoms with Crippen LogP contribution in [0.5, 0.6) is 5.75 Å². The number of carbonyl (C=O) groups is 2. The highest BCUT2D eigenvalue weighted by Crippen LogP contribution is 2.33. The van der Waals surface area contributed by atoms with Crippen LogP contribution in [-0.2, 0) is 20.9 Å². The molecule has 2 rings (SSSR count). The summed E-state index contributed by atoms with van der Waals surface area (Å²) in [7, 11) is 0. The van der Waals surface area contributed by atoms with Crippen LogP contribution in [0.1, 0.15) is 51.0 Å². The van der Waals surface area contributed by atoms with E-state index in [0.29, 0.717) is 31.9 Å². The Morgan fingerprint density at radius 2 is 1.88 bits per heavy atom. The van der Waals surface area contributed by atoms with Gasteiger partial charge in [0.15, 0.2) is 0 Å². The molecule has 25 heavy (non-hydrogen) atoms. The third-order valence-electron chi connectivity index (χ3n) is 4.43. The molecule has 0 heterocycles. The van der Waals surface area contributed by atoms with Gasteiger partial charge in [-0.05, 0) is 56.7 Å². The van der Waals surface area contributed by atoms with E-state index in [0.717, 1.165) is 31.2 Å². The van der Waals surface area contributed by atoms with E-state index in [2.05, 4.69) is 5.32 Å². The van der Waals surface area contributed by atoms with Crippen LogP contribution < -0.4 is 10.1 Å². The number of ether oxygens (including phenoxy) is 2. The van der Waals surface area contributed by atoms with Crippen molar-refractivity contribution < 1.29 is 24.2 Å². The molecule has 6 heteroatoms. The Morgan fingerprint density at radius 1 is 1.20 bits per heavy atom. The van der Waals surface area contributed by atoms with Crippen LogP contribution in [0.3, 0.4) is 0 Å². The molecule has 1 saturated carbocycles. The van der Waals surface area contributed by atoms with Gasteiger partial charge in [-0.3, -0.25) is 9.59 Å². The van der Waals surface area contributed by atoms with Crippen molar-refractivity contribution in [2.24, 2.45) is 0 Å². The Balaban J connectivity index is 1.78. The number of hydrogen-bond donors (Lipinski definition) is 2. The second kappa shape index (κ2) is 9.42. The molecule has 0 aromatic heterocycles. The number of amides is 1. The van der Waals surface area contributed by atoms with Gasteiger partial charge in [-0.15, -0.1) is 0 Å². The number of carboxylic acids is 1. The van der Waals surface area contributed by atoms with Crippen molar-refractivity contribution in [3.8, 4) is 5.75 Å². The molecule has 138 valence electrons. The van der Waals surface area contributed by atoms with Crippen molar-refractivity contribution in [1.29, 1.82) is 0 Å². The van der Waals surface area contributed by atoms with Gasteiger partial charge in [0.25, 0.3) is 5.91 Å². The van der Waals surface area contributed by atoms with E-state index in [1.54, 1.807) is 0 Å². The molecule has 2 N–H and O–H groups in total. The predicted octanol–water partition coefficient (Wildman–Crippen LogP) is 2.90. The fourth-order valence-electron chi connectivity index (χ4n) is 3.12. The van der Waals surface area contributed by atoms with Crippen molar-refractivity contribution in [3.05, 3.63) is 29.8 Å². The maximum absolute atomic E-state index is 12.5. The van der Waals surface area contributed by atoms with Crippen molar-refractivity contribution in [2.45, 2.75) is 57.6 Å². The Bertz CT molecular complexity index is 564. The molecule has 1 amide bonds. The molecule has 1 aromatic carbocycles. The molecule has 0 saturated heterocycles. The zero-order chi connectivity index (χ0) is 18.1. The van der Waals surface area contributed by atoms with Gasteiger partial charge in [0.1, 0.15) is 11.4 Å². The number of carbonyl (C=O) groups excluding carboxylic acids is 1. The molecule has 1 aliphatic rings. The number of nitrogens with one attached hydrogen (secondary N) is 1. The first kappa shape index (κ1) is 19.2. The van der Waals surface area contributed by atoms with Crippen LogP contribution in [0.15, 0.2) is 24.3 Å². The lowest BCUT2D eigenvalue weighted by Gasteiger charge is -2.27. The summed E-state index contributed by atoms with van der Waals surface area (Å²) >= 11 is 0. The van der Waals surface area contributed by atoms with E-state index in [4.69, 9.17) is 14.6 Å². The summed E-state index contributed by atoms with van der Waals surface area (Å²) in [5, 5.41) is 11.6. The van der Waals surface area contributed by atoms with Crippen LogP contribution in [0.25, 0.3) is 0 Å². The lowest BCUT2D eigenvalue weighted by atomic mass is 10.0. The lowest BCUT2D eigenvalue weighted by Crippen LogP contribution is -2.46. The quantitative estimate of drug-likeness (QED) is 0.635. The van der Waals surface area contributed by atoms with Crippen LogP contribution >= 0.6 is 0 Å². The van der Waals surface area contributed by atoms with Crippen LogP contribution in [-0.4, -0.2) is 35.8 Å². The molecular weight excluding hydrogens is 322 g/mol. The summed E-state index contributed by atoms with van der Waals surface area (Å²) in [6.07, 6.45) is 4.21. The Labute approximate surface area is 148 Å². The van der Waals surface area contributed by atoms with E-state index in [1.165, 1.54) is 0 Å². The SMILES string of the molecule is CCOC1(C(=O)NCc2ccc(OCCCC(=O)O)cc2)CCCC1. The van der Waals surface area contributed by atoms with Crippen molar-refractivity contribution in [1.82, 2.24) is 5.32 Å². The van der Waals surface area contributed by atoms with Gasteiger partial charge in [-0.25, -0.2) is 0 Å². The molecule has 1 aromatic rings. The highest BCUT2D eigenvalue weighted by molar-refractivity contribution is 5.85. The summed E-state index contributed by atoms with van der Waals surface area (Å²) in [6, 6.07) is 7.45. The maximum atomic E-state index is 12.5. The van der Waals surface area contributed by atoms with Gasteiger partial charge >= 0.3 is 5.97 Å². The Kier molecular flexibility index (Phi) is 7.25. The summed E-state index contributed by atoms with van der Waals surface area (Å²) in [4.78, 5) is 23.0. The molecule has 0 bridgehead atoms. The van der Waals surface area contributed by atoms with Crippen molar-refractivity contribution in [2.75, 3.05) is 13.2 Å². The molecule has 0 atom stereocenters. The lowest BCUT2D eigenvalue weighted by molar-refractivity contribution is -0.146. The fraction of sp³-hybridized carbons (Fsp3) is 0.579. The van der Waals surface area contributed by atoms with Gasteiger partial charge in [0, 0.05) is 19.6 Å². The third kappa shape index (κ3) is 5.74. The Morgan fingerprint density at radius 3 is 2.48 bits per heavy atom. The monoisotopic (exact) mass is 349 g/mol. The maximum Gasteiger partial charge on any atom is 0.303 e. The van der Waals surface area contributed by atoms with E-state index < -0.39 is 11.6 Å². The highest BCUT2D eigenvalue weighted by atomic mass is 16.5. The summed E-state index contributed by atoms with van der Waals surface area (Å²) in [5.41, 5.74) is 0.331. The van der Waals surface area contributed by atoms with Crippen LogP contribution in [0, 0.1) is 0 Å². The van der Waals surface area contributed by atoms with Gasteiger partial charge in [-0.1, -0.05) is 12.1 Å². The summed E-state index contributed by atoms with van der Waals surface area (Å²) in [6.45, 7) is 3.29. The Hall–Kier alpha value is -2.08. The van der Waals surface area contributed by atoms with E-state index in [1.807, 2.05) is 31.2 Å². The fourth-order valence-corrected chi connectivity index (χ4v) is 3.12. The largest absolute Gasteiger partial charge is 0.494 e. The van der Waals surface area contributed by atoms with Gasteiger partial charge < -0.3 is 19.9 Å². The van der Waals surface area contributed by atoms with Crippen molar-refractivity contribution >= 4 is 11.9 Å².